The van der Waals surface area contributed by atoms with E-state index in [0.717, 1.165) is 0 Å². The van der Waals surface area contributed by atoms with Crippen LogP contribution in [-0.2, 0) is 13.0 Å². The molecule has 1 heterocycles. The van der Waals surface area contributed by atoms with Crippen LogP contribution in [0.2, 0.25) is 5.02 Å². The van der Waals surface area contributed by atoms with Gasteiger partial charge in [0.15, 0.2) is 5.78 Å². The fourth-order valence-electron chi connectivity index (χ4n) is 1.78. The first-order chi connectivity index (χ1) is 8.63. The van der Waals surface area contributed by atoms with Gasteiger partial charge in [-0.3, -0.25) is 9.48 Å². The van der Waals surface area contributed by atoms with Gasteiger partial charge in [0.2, 0.25) is 0 Å². The second-order valence-corrected chi connectivity index (χ2v) is 4.26. The molecule has 0 atom stereocenters. The first-order valence-electron chi connectivity index (χ1n) is 5.61. The highest BCUT2D eigenvalue weighted by molar-refractivity contribution is 6.33. The highest BCUT2D eigenvalue weighted by Crippen LogP contribution is 2.18. The van der Waals surface area contributed by atoms with Gasteiger partial charge in [-0.15, -0.1) is 0 Å². The second-order valence-electron chi connectivity index (χ2n) is 3.85. The molecule has 0 amide bonds. The van der Waals surface area contributed by atoms with Crippen LogP contribution in [0.25, 0.3) is 0 Å². The summed E-state index contributed by atoms with van der Waals surface area (Å²) in [5.74, 6) is -0.617. The van der Waals surface area contributed by atoms with E-state index in [1.54, 1.807) is 18.2 Å². The minimum absolute atomic E-state index is 0.0158. The summed E-state index contributed by atoms with van der Waals surface area (Å²) in [6.45, 7) is 2.41. The minimum atomic E-state index is -0.385. The summed E-state index contributed by atoms with van der Waals surface area (Å²) >= 11 is 5.93. The van der Waals surface area contributed by atoms with Crippen molar-refractivity contribution in [3.8, 4) is 0 Å². The maximum Gasteiger partial charge on any atom is 0.186 e. The molecule has 0 aliphatic rings. The quantitative estimate of drug-likeness (QED) is 0.797. The van der Waals surface area contributed by atoms with Gasteiger partial charge in [0, 0.05) is 13.0 Å². The number of hydrogen-bond acceptors (Lipinski definition) is 2. The molecule has 0 saturated carbocycles. The van der Waals surface area contributed by atoms with Crippen molar-refractivity contribution in [2.45, 2.75) is 19.9 Å². The molecular weight excluding hydrogens is 255 g/mol. The van der Waals surface area contributed by atoms with Crippen LogP contribution in [0.3, 0.4) is 0 Å². The lowest BCUT2D eigenvalue weighted by Crippen LogP contribution is -2.13. The van der Waals surface area contributed by atoms with Gasteiger partial charge in [-0.25, -0.2) is 4.39 Å². The van der Waals surface area contributed by atoms with E-state index < -0.39 is 0 Å². The van der Waals surface area contributed by atoms with Gasteiger partial charge in [-0.1, -0.05) is 29.8 Å². The van der Waals surface area contributed by atoms with E-state index in [4.69, 9.17) is 11.6 Å². The van der Waals surface area contributed by atoms with Crippen LogP contribution in [0.1, 0.15) is 23.0 Å². The second kappa shape index (κ2) is 5.31. The van der Waals surface area contributed by atoms with Crippen molar-refractivity contribution in [2.24, 2.45) is 0 Å². The normalized spacial score (nSPS) is 10.6. The van der Waals surface area contributed by atoms with Gasteiger partial charge in [0.25, 0.3) is 0 Å². The van der Waals surface area contributed by atoms with Gasteiger partial charge in [-0.2, -0.15) is 5.10 Å². The Morgan fingerprint density at radius 2 is 2.17 bits per heavy atom. The number of carbonyl (C=O) groups is 1. The van der Waals surface area contributed by atoms with Gasteiger partial charge < -0.3 is 0 Å². The number of carbonyl (C=O) groups excluding carboxylic acids is 1. The lowest BCUT2D eigenvalue weighted by molar-refractivity contribution is 0.0981. The summed E-state index contributed by atoms with van der Waals surface area (Å²) in [7, 11) is 0. The van der Waals surface area contributed by atoms with Crippen molar-refractivity contribution in [3.05, 3.63) is 52.6 Å². The van der Waals surface area contributed by atoms with Crippen LogP contribution in [0.4, 0.5) is 4.39 Å². The number of nitrogens with zero attached hydrogens (tertiary/aromatic N) is 2. The number of aromatic nitrogens is 2. The maximum atomic E-state index is 13.5. The third-order valence-corrected chi connectivity index (χ3v) is 2.94. The average molecular weight is 267 g/mol. The molecule has 0 radical (unpaired) electrons. The van der Waals surface area contributed by atoms with E-state index >= 15 is 0 Å². The highest BCUT2D eigenvalue weighted by atomic mass is 35.5. The van der Waals surface area contributed by atoms with Crippen molar-refractivity contribution < 1.29 is 9.18 Å². The predicted molar refractivity (Wildman–Crippen MR) is 67.3 cm³/mol. The molecule has 2 aromatic rings. The fourth-order valence-corrected chi connectivity index (χ4v) is 2.02. The Kier molecular flexibility index (Phi) is 3.77. The zero-order valence-corrected chi connectivity index (χ0v) is 10.6. The Hall–Kier alpha value is -1.68. The van der Waals surface area contributed by atoms with E-state index in [1.807, 2.05) is 6.92 Å². The van der Waals surface area contributed by atoms with E-state index in [9.17, 15) is 9.18 Å². The number of aryl methyl sites for hydroxylation is 1. The largest absolute Gasteiger partial charge is 0.292 e. The van der Waals surface area contributed by atoms with E-state index in [-0.39, 0.29) is 18.0 Å². The summed E-state index contributed by atoms with van der Waals surface area (Å²) in [6.07, 6.45) is 1.41. The molecule has 18 heavy (non-hydrogen) atoms. The molecule has 1 aromatic carbocycles. The fraction of sp³-hybridized carbons (Fsp3) is 0.231. The molecule has 0 bridgehead atoms. The third-order valence-electron chi connectivity index (χ3n) is 2.67. The van der Waals surface area contributed by atoms with Gasteiger partial charge in [0.1, 0.15) is 11.5 Å². The lowest BCUT2D eigenvalue weighted by Gasteiger charge is -2.05. The van der Waals surface area contributed by atoms with E-state index in [1.165, 1.54) is 16.9 Å². The van der Waals surface area contributed by atoms with Crippen LogP contribution < -0.4 is 0 Å². The Morgan fingerprint density at radius 3 is 2.83 bits per heavy atom. The number of Topliss-reactive ketones (excluding diaryl/α,β-unsaturated/α-hetero) is 1. The number of rotatable bonds is 4. The van der Waals surface area contributed by atoms with Crippen molar-refractivity contribution in [2.75, 3.05) is 0 Å². The molecule has 0 unspecified atom stereocenters. The molecule has 0 spiro atoms. The van der Waals surface area contributed by atoms with Gasteiger partial charge >= 0.3 is 0 Å². The number of halogens is 2. The first-order valence-corrected chi connectivity index (χ1v) is 5.99. The topological polar surface area (TPSA) is 34.9 Å². The zero-order chi connectivity index (χ0) is 13.1. The lowest BCUT2D eigenvalue weighted by atomic mass is 10.1. The number of benzene rings is 1. The monoisotopic (exact) mass is 266 g/mol. The van der Waals surface area contributed by atoms with E-state index in [2.05, 4.69) is 5.10 Å². The third kappa shape index (κ3) is 2.43. The summed E-state index contributed by atoms with van der Waals surface area (Å²) in [6, 6.07) is 6.21. The summed E-state index contributed by atoms with van der Waals surface area (Å²) in [5.41, 5.74) is 0.699. The Labute approximate surface area is 109 Å². The molecule has 94 valence electrons. The maximum absolute atomic E-state index is 13.5. The Morgan fingerprint density at radius 1 is 1.44 bits per heavy atom. The summed E-state index contributed by atoms with van der Waals surface area (Å²) < 4.78 is 15.0. The molecule has 0 fully saturated rings. The van der Waals surface area contributed by atoms with Crippen LogP contribution in [0.5, 0.6) is 0 Å². The molecule has 3 nitrogen and oxygen atoms in total. The predicted octanol–water partition coefficient (Wildman–Crippen LogP) is 3.12. The SMILES string of the molecule is CCn1ncc(Cl)c1C(=O)Cc1ccccc1F. The molecule has 5 heteroatoms. The number of ketones is 1. The zero-order valence-electron chi connectivity index (χ0n) is 9.86. The number of hydrogen-bond donors (Lipinski definition) is 0. The van der Waals surface area contributed by atoms with Crippen LogP contribution in [0, 0.1) is 5.82 Å². The van der Waals surface area contributed by atoms with Crippen LogP contribution in [-0.4, -0.2) is 15.6 Å². The smallest absolute Gasteiger partial charge is 0.186 e. The summed E-state index contributed by atoms with van der Waals surface area (Å²) in [5, 5.41) is 4.29. The summed E-state index contributed by atoms with van der Waals surface area (Å²) in [4.78, 5) is 12.1. The Bertz CT molecular complexity index is 580. The molecule has 0 N–H and O–H groups in total. The van der Waals surface area contributed by atoms with Crippen LogP contribution in [0.15, 0.2) is 30.5 Å². The van der Waals surface area contributed by atoms with Gasteiger partial charge in [-0.05, 0) is 18.6 Å². The molecule has 0 saturated heterocycles. The molecule has 0 aliphatic heterocycles. The first kappa shape index (κ1) is 12.8. The standard InChI is InChI=1S/C13H12ClFN2O/c1-2-17-13(10(14)8-16-17)12(18)7-9-5-3-4-6-11(9)15/h3-6,8H,2,7H2,1H3. The minimum Gasteiger partial charge on any atom is -0.292 e. The highest BCUT2D eigenvalue weighted by Gasteiger charge is 2.18. The van der Waals surface area contributed by atoms with E-state index in [0.29, 0.717) is 22.8 Å². The van der Waals surface area contributed by atoms with Crippen molar-refractivity contribution >= 4 is 17.4 Å². The van der Waals surface area contributed by atoms with Crippen LogP contribution >= 0.6 is 11.6 Å². The molecular formula is C13H12ClFN2O. The molecule has 1 aromatic heterocycles. The van der Waals surface area contributed by atoms with Crippen molar-refractivity contribution in [1.29, 1.82) is 0 Å². The van der Waals surface area contributed by atoms with Crippen molar-refractivity contribution in [3.63, 3.8) is 0 Å². The molecule has 2 rings (SSSR count). The Balaban J connectivity index is 2.28. The van der Waals surface area contributed by atoms with Gasteiger partial charge in [0.05, 0.1) is 11.2 Å². The molecule has 0 aliphatic carbocycles. The van der Waals surface area contributed by atoms with Crippen molar-refractivity contribution in [1.82, 2.24) is 9.78 Å². The average Bonchev–Trinajstić information content (AvgIpc) is 2.73.